The first kappa shape index (κ1) is 13.3. The Morgan fingerprint density at radius 1 is 1.24 bits per heavy atom. The largest absolute Gasteiger partial charge is 0.311 e. The second-order valence-corrected chi connectivity index (χ2v) is 7.85. The molecule has 2 aliphatic rings. The van der Waals surface area contributed by atoms with E-state index in [4.69, 9.17) is 0 Å². The number of alkyl halides is 1. The molecule has 0 aromatic heterocycles. The van der Waals surface area contributed by atoms with Gasteiger partial charge in [-0.05, 0) is 44.6 Å². The topological polar surface area (TPSA) is 46.2 Å². The van der Waals surface area contributed by atoms with Crippen LogP contribution in [0.5, 0.6) is 0 Å². The van der Waals surface area contributed by atoms with E-state index in [-0.39, 0.29) is 17.2 Å². The maximum Gasteiger partial charge on any atom is 0.150 e. The van der Waals surface area contributed by atoms with Gasteiger partial charge in [0.25, 0.3) is 0 Å². The molecule has 1 aliphatic heterocycles. The third kappa shape index (κ3) is 3.19. The van der Waals surface area contributed by atoms with Crippen LogP contribution in [0.1, 0.15) is 38.5 Å². The summed E-state index contributed by atoms with van der Waals surface area (Å²) < 4.78 is 37.4. The minimum absolute atomic E-state index is 0.0432. The summed E-state index contributed by atoms with van der Waals surface area (Å²) in [6.45, 7) is 0.896. The molecule has 1 saturated heterocycles. The minimum atomic E-state index is -3.00. The smallest absolute Gasteiger partial charge is 0.150 e. The summed E-state index contributed by atoms with van der Waals surface area (Å²) in [6, 6.07) is -0.0432. The highest BCUT2D eigenvalue weighted by Crippen LogP contribution is 2.34. The van der Waals surface area contributed by atoms with E-state index >= 15 is 0 Å². The van der Waals surface area contributed by atoms with E-state index in [1.807, 2.05) is 0 Å². The molecular formula is C12H22FNO2S. The van der Waals surface area contributed by atoms with E-state index in [0.29, 0.717) is 12.8 Å². The van der Waals surface area contributed by atoms with Crippen LogP contribution in [-0.2, 0) is 9.84 Å². The molecule has 3 nitrogen and oxygen atoms in total. The number of sulfone groups is 1. The van der Waals surface area contributed by atoms with E-state index in [2.05, 4.69) is 5.32 Å². The van der Waals surface area contributed by atoms with Gasteiger partial charge in [-0.3, -0.25) is 0 Å². The van der Waals surface area contributed by atoms with Crippen molar-refractivity contribution < 1.29 is 12.8 Å². The summed E-state index contributed by atoms with van der Waals surface area (Å²) in [4.78, 5) is 0. The SMILES string of the molecule is CS(=O)(=O)C1CCCC(C(F)C2CCCN2)C1. The fraction of sp³-hybridized carbons (Fsp3) is 1.00. The van der Waals surface area contributed by atoms with Crippen molar-refractivity contribution in [3.63, 3.8) is 0 Å². The van der Waals surface area contributed by atoms with Gasteiger partial charge in [-0.2, -0.15) is 0 Å². The fourth-order valence-corrected chi connectivity index (χ4v) is 4.36. The van der Waals surface area contributed by atoms with Crippen molar-refractivity contribution in [1.29, 1.82) is 0 Å². The molecule has 0 aromatic rings. The molecule has 1 saturated carbocycles. The van der Waals surface area contributed by atoms with Gasteiger partial charge in [-0.1, -0.05) is 6.42 Å². The number of rotatable bonds is 3. The average Bonchev–Trinajstić information content (AvgIpc) is 2.80. The van der Waals surface area contributed by atoms with Gasteiger partial charge in [0.05, 0.1) is 5.25 Å². The molecule has 2 fully saturated rings. The summed E-state index contributed by atoms with van der Waals surface area (Å²) in [6.07, 6.45) is 5.23. The summed E-state index contributed by atoms with van der Waals surface area (Å²) in [5.41, 5.74) is 0. The van der Waals surface area contributed by atoms with Gasteiger partial charge in [0.1, 0.15) is 16.0 Å². The Kier molecular flexibility index (Phi) is 4.08. The van der Waals surface area contributed by atoms with Gasteiger partial charge in [0, 0.05) is 12.3 Å². The Hall–Kier alpha value is -0.160. The van der Waals surface area contributed by atoms with E-state index < -0.39 is 16.0 Å². The van der Waals surface area contributed by atoms with Crippen LogP contribution in [0.4, 0.5) is 4.39 Å². The van der Waals surface area contributed by atoms with Crippen molar-refractivity contribution in [1.82, 2.24) is 5.32 Å². The maximum absolute atomic E-state index is 14.3. The van der Waals surface area contributed by atoms with Crippen LogP contribution in [0.2, 0.25) is 0 Å². The average molecular weight is 263 g/mol. The number of hydrogen-bond acceptors (Lipinski definition) is 3. The molecule has 0 bridgehead atoms. The highest BCUT2D eigenvalue weighted by Gasteiger charge is 2.37. The minimum Gasteiger partial charge on any atom is -0.311 e. The molecule has 5 heteroatoms. The Morgan fingerprint density at radius 2 is 2.00 bits per heavy atom. The third-order valence-electron chi connectivity index (χ3n) is 4.21. The van der Waals surface area contributed by atoms with Gasteiger partial charge in [0.2, 0.25) is 0 Å². The molecule has 17 heavy (non-hydrogen) atoms. The summed E-state index contributed by atoms with van der Waals surface area (Å²) in [7, 11) is -3.00. The van der Waals surface area contributed by atoms with Crippen molar-refractivity contribution in [2.45, 2.75) is 56.0 Å². The molecule has 1 N–H and O–H groups in total. The van der Waals surface area contributed by atoms with Crippen LogP contribution >= 0.6 is 0 Å². The molecule has 1 aliphatic carbocycles. The first-order chi connectivity index (χ1) is 7.98. The van der Waals surface area contributed by atoms with Crippen LogP contribution in [-0.4, -0.2) is 38.7 Å². The van der Waals surface area contributed by atoms with Crippen LogP contribution < -0.4 is 5.32 Å². The Balaban J connectivity index is 1.96. The molecule has 2 rings (SSSR count). The lowest BCUT2D eigenvalue weighted by Gasteiger charge is -2.32. The van der Waals surface area contributed by atoms with Gasteiger partial charge in [-0.15, -0.1) is 0 Å². The van der Waals surface area contributed by atoms with Crippen LogP contribution in [0, 0.1) is 5.92 Å². The van der Waals surface area contributed by atoms with E-state index in [1.165, 1.54) is 6.26 Å². The molecule has 4 unspecified atom stereocenters. The Labute approximate surface area is 103 Å². The lowest BCUT2D eigenvalue weighted by atomic mass is 9.83. The molecule has 1 heterocycles. The van der Waals surface area contributed by atoms with Crippen molar-refractivity contribution in [3.05, 3.63) is 0 Å². The number of halogens is 1. The van der Waals surface area contributed by atoms with Crippen molar-refractivity contribution in [2.24, 2.45) is 5.92 Å². The predicted octanol–water partition coefficient (Wildman–Crippen LogP) is 1.68. The zero-order chi connectivity index (χ0) is 12.5. The summed E-state index contributed by atoms with van der Waals surface area (Å²) >= 11 is 0. The molecule has 0 aromatic carbocycles. The second-order valence-electron chi connectivity index (χ2n) is 5.53. The van der Waals surface area contributed by atoms with E-state index in [1.54, 1.807) is 0 Å². The standard InChI is InChI=1S/C12H22FNO2S/c1-17(15,16)10-5-2-4-9(8-10)12(13)11-6-3-7-14-11/h9-12,14H,2-8H2,1H3. The zero-order valence-corrected chi connectivity index (χ0v) is 11.2. The predicted molar refractivity (Wildman–Crippen MR) is 66.5 cm³/mol. The fourth-order valence-electron chi connectivity index (χ4n) is 3.17. The van der Waals surface area contributed by atoms with Crippen LogP contribution in [0.25, 0.3) is 0 Å². The molecule has 0 amide bonds. The highest BCUT2D eigenvalue weighted by atomic mass is 32.2. The van der Waals surface area contributed by atoms with E-state index in [0.717, 1.165) is 32.2 Å². The number of nitrogens with one attached hydrogen (secondary N) is 1. The molecule has 0 spiro atoms. The van der Waals surface area contributed by atoms with Gasteiger partial charge in [-0.25, -0.2) is 12.8 Å². The summed E-state index contributed by atoms with van der Waals surface area (Å²) in [5.74, 6) is -0.0703. The first-order valence-corrected chi connectivity index (χ1v) is 8.50. The Bertz CT molecular complexity index is 352. The molecule has 4 atom stereocenters. The summed E-state index contributed by atoms with van der Waals surface area (Å²) in [5, 5.41) is 2.86. The highest BCUT2D eigenvalue weighted by molar-refractivity contribution is 7.91. The lowest BCUT2D eigenvalue weighted by molar-refractivity contribution is 0.145. The van der Waals surface area contributed by atoms with Gasteiger partial charge < -0.3 is 5.32 Å². The van der Waals surface area contributed by atoms with Crippen LogP contribution in [0.15, 0.2) is 0 Å². The van der Waals surface area contributed by atoms with Crippen molar-refractivity contribution >= 4 is 9.84 Å². The normalized spacial score (nSPS) is 36.9. The number of hydrogen-bond donors (Lipinski definition) is 1. The zero-order valence-electron chi connectivity index (χ0n) is 10.4. The van der Waals surface area contributed by atoms with Crippen molar-refractivity contribution in [2.75, 3.05) is 12.8 Å². The van der Waals surface area contributed by atoms with Gasteiger partial charge >= 0.3 is 0 Å². The lowest BCUT2D eigenvalue weighted by Crippen LogP contribution is -2.40. The van der Waals surface area contributed by atoms with E-state index in [9.17, 15) is 12.8 Å². The first-order valence-electron chi connectivity index (χ1n) is 6.55. The van der Waals surface area contributed by atoms with Gasteiger partial charge in [0.15, 0.2) is 0 Å². The Morgan fingerprint density at radius 3 is 2.59 bits per heavy atom. The quantitative estimate of drug-likeness (QED) is 0.842. The van der Waals surface area contributed by atoms with Crippen molar-refractivity contribution in [3.8, 4) is 0 Å². The molecular weight excluding hydrogens is 241 g/mol. The monoisotopic (exact) mass is 263 g/mol. The molecule has 100 valence electrons. The third-order valence-corrected chi connectivity index (χ3v) is 5.84. The maximum atomic E-state index is 14.3. The molecule has 0 radical (unpaired) electrons. The second kappa shape index (κ2) is 5.22. The van der Waals surface area contributed by atoms with Crippen LogP contribution in [0.3, 0.4) is 0 Å².